The Morgan fingerprint density at radius 1 is 1.55 bits per heavy atom. The van der Waals surface area contributed by atoms with Gasteiger partial charge in [0.05, 0.1) is 24.6 Å². The van der Waals surface area contributed by atoms with Crippen molar-refractivity contribution >= 4 is 27.6 Å². The first kappa shape index (κ1) is 15.0. The first-order valence-corrected chi connectivity index (χ1v) is 6.97. The zero-order valence-electron chi connectivity index (χ0n) is 11.0. The van der Waals surface area contributed by atoms with E-state index >= 15 is 0 Å². The maximum Gasteiger partial charge on any atom is 0.332 e. The van der Waals surface area contributed by atoms with Gasteiger partial charge in [0.25, 0.3) is 0 Å². The minimum Gasteiger partial charge on any atom is -0.464 e. The fraction of sp³-hybridized carbons (Fsp3) is 0.385. The molecule has 1 N–H and O–H groups in total. The van der Waals surface area contributed by atoms with Gasteiger partial charge in [-0.1, -0.05) is 0 Å². The van der Waals surface area contributed by atoms with Crippen molar-refractivity contribution in [3.05, 3.63) is 34.6 Å². The molecule has 0 saturated carbocycles. The predicted octanol–water partition coefficient (Wildman–Crippen LogP) is 1.67. The number of pyridine rings is 1. The van der Waals surface area contributed by atoms with E-state index < -0.39 is 0 Å². The van der Waals surface area contributed by atoms with Crippen molar-refractivity contribution in [1.82, 2.24) is 10.5 Å². The number of hydrogen-bond donors (Lipinski definition) is 1. The van der Waals surface area contributed by atoms with Crippen LogP contribution in [-0.4, -0.2) is 36.9 Å². The average Bonchev–Trinajstić information content (AvgIpc) is 2.89. The van der Waals surface area contributed by atoms with Gasteiger partial charge in [0.15, 0.2) is 0 Å². The molecule has 1 aromatic heterocycles. The van der Waals surface area contributed by atoms with Gasteiger partial charge in [-0.05, 0) is 41.1 Å². The number of rotatable bonds is 6. The molecule has 0 unspecified atom stereocenters. The molecule has 6 nitrogen and oxygen atoms in total. The number of hydroxylamine groups is 1. The molecular formula is C13H15BrN2O4. The second kappa shape index (κ2) is 7.37. The number of aromatic nitrogens is 1. The quantitative estimate of drug-likeness (QED) is 0.793. The Kier molecular flexibility index (Phi) is 5.51. The molecular weight excluding hydrogens is 328 g/mol. The molecule has 0 bridgehead atoms. The van der Waals surface area contributed by atoms with Crippen molar-refractivity contribution in [3.8, 4) is 0 Å². The largest absolute Gasteiger partial charge is 0.464 e. The van der Waals surface area contributed by atoms with Crippen LogP contribution in [0.25, 0.3) is 5.70 Å². The Hall–Kier alpha value is -1.44. The summed E-state index contributed by atoms with van der Waals surface area (Å²) in [4.78, 5) is 20.7. The van der Waals surface area contributed by atoms with E-state index in [0.29, 0.717) is 6.61 Å². The maximum absolute atomic E-state index is 11.1. The van der Waals surface area contributed by atoms with E-state index in [4.69, 9.17) is 14.3 Å². The maximum atomic E-state index is 11.1. The number of esters is 1. The van der Waals surface area contributed by atoms with Crippen LogP contribution in [0, 0.1) is 0 Å². The van der Waals surface area contributed by atoms with Crippen LogP contribution in [0.5, 0.6) is 0 Å². The molecule has 108 valence electrons. The molecule has 1 aromatic rings. The molecule has 1 aliphatic heterocycles. The minimum atomic E-state index is -0.378. The van der Waals surface area contributed by atoms with E-state index in [1.54, 1.807) is 13.1 Å². The number of carbonyl (C=O) groups excluding carboxylic acids is 1. The van der Waals surface area contributed by atoms with Crippen LogP contribution in [0.15, 0.2) is 28.9 Å². The number of nitrogens with zero attached hydrogens (tertiary/aromatic N) is 1. The summed E-state index contributed by atoms with van der Waals surface area (Å²) in [7, 11) is 0. The van der Waals surface area contributed by atoms with Crippen LogP contribution >= 0.6 is 15.9 Å². The molecule has 7 heteroatoms. The Bertz CT molecular complexity index is 490. The van der Waals surface area contributed by atoms with Crippen LogP contribution in [0.3, 0.4) is 0 Å². The number of nitrogens with one attached hydrogen (secondary N) is 1. The third-order valence-corrected chi connectivity index (χ3v) is 2.95. The van der Waals surface area contributed by atoms with Crippen molar-refractivity contribution in [2.75, 3.05) is 19.8 Å². The standard InChI is InChI=1S/C13H15BrN2O4/c1-2-19-13(17)8-18-7-10-5-12(16-20-10)11-4-3-9(14)6-15-11/h3-6,10,16H,2,7-8H2,1H3/t10-/m0/s1. The predicted molar refractivity (Wildman–Crippen MR) is 75.4 cm³/mol. The van der Waals surface area contributed by atoms with Gasteiger partial charge in [0.2, 0.25) is 0 Å². The normalized spacial score (nSPS) is 17.5. The molecule has 2 heterocycles. The van der Waals surface area contributed by atoms with Gasteiger partial charge in [-0.3, -0.25) is 15.3 Å². The van der Waals surface area contributed by atoms with Crippen LogP contribution in [0.4, 0.5) is 0 Å². The monoisotopic (exact) mass is 342 g/mol. The highest BCUT2D eigenvalue weighted by Gasteiger charge is 2.18. The SMILES string of the molecule is CCOC(=O)COC[C@@H]1C=C(c2ccc(Br)cn2)NO1. The Labute approximate surface area is 125 Å². The molecule has 0 aliphatic carbocycles. The van der Waals surface area contributed by atoms with Gasteiger partial charge in [0.1, 0.15) is 12.7 Å². The van der Waals surface area contributed by atoms with Crippen molar-refractivity contribution in [1.29, 1.82) is 0 Å². The number of carbonyl (C=O) groups is 1. The third kappa shape index (κ3) is 4.29. The Morgan fingerprint density at radius 3 is 3.10 bits per heavy atom. The summed E-state index contributed by atoms with van der Waals surface area (Å²) in [5.74, 6) is -0.378. The van der Waals surface area contributed by atoms with Gasteiger partial charge in [-0.15, -0.1) is 0 Å². The van der Waals surface area contributed by atoms with E-state index in [-0.39, 0.29) is 25.3 Å². The van der Waals surface area contributed by atoms with Crippen LogP contribution in [0.1, 0.15) is 12.6 Å². The second-order valence-electron chi connectivity index (χ2n) is 4.02. The van der Waals surface area contributed by atoms with Gasteiger partial charge < -0.3 is 9.47 Å². The molecule has 0 spiro atoms. The van der Waals surface area contributed by atoms with Crippen LogP contribution in [-0.2, 0) is 19.1 Å². The number of ether oxygens (including phenoxy) is 2. The summed E-state index contributed by atoms with van der Waals surface area (Å²) in [6.07, 6.45) is 3.31. The van der Waals surface area contributed by atoms with Crippen LogP contribution in [0.2, 0.25) is 0 Å². The average molecular weight is 343 g/mol. The van der Waals surface area contributed by atoms with Crippen molar-refractivity contribution < 1.29 is 19.1 Å². The lowest BCUT2D eigenvalue weighted by atomic mass is 10.2. The van der Waals surface area contributed by atoms with Crippen LogP contribution < -0.4 is 5.48 Å². The van der Waals surface area contributed by atoms with Gasteiger partial charge in [0, 0.05) is 10.7 Å². The lowest BCUT2D eigenvalue weighted by molar-refractivity contribution is -0.149. The van der Waals surface area contributed by atoms with E-state index in [1.165, 1.54) is 0 Å². The Morgan fingerprint density at radius 2 is 2.40 bits per heavy atom. The van der Waals surface area contributed by atoms with Crippen molar-refractivity contribution in [2.24, 2.45) is 0 Å². The topological polar surface area (TPSA) is 69.7 Å². The highest BCUT2D eigenvalue weighted by atomic mass is 79.9. The van der Waals surface area contributed by atoms with E-state index in [0.717, 1.165) is 15.9 Å². The first-order chi connectivity index (χ1) is 9.69. The molecule has 1 atom stereocenters. The number of halogens is 1. The molecule has 2 rings (SSSR count). The highest BCUT2D eigenvalue weighted by molar-refractivity contribution is 9.10. The lowest BCUT2D eigenvalue weighted by Gasteiger charge is -2.07. The van der Waals surface area contributed by atoms with Gasteiger partial charge in [-0.2, -0.15) is 0 Å². The first-order valence-electron chi connectivity index (χ1n) is 6.18. The third-order valence-electron chi connectivity index (χ3n) is 2.48. The summed E-state index contributed by atoms with van der Waals surface area (Å²) in [6.45, 7) is 2.30. The summed E-state index contributed by atoms with van der Waals surface area (Å²) in [6, 6.07) is 3.77. The van der Waals surface area contributed by atoms with E-state index in [1.807, 2.05) is 18.2 Å². The van der Waals surface area contributed by atoms with E-state index in [9.17, 15) is 4.79 Å². The van der Waals surface area contributed by atoms with Gasteiger partial charge >= 0.3 is 5.97 Å². The Balaban J connectivity index is 1.81. The summed E-state index contributed by atoms with van der Waals surface area (Å²) >= 11 is 3.33. The summed E-state index contributed by atoms with van der Waals surface area (Å²) < 4.78 is 10.9. The second-order valence-corrected chi connectivity index (χ2v) is 4.94. The molecule has 0 fully saturated rings. The fourth-order valence-corrected chi connectivity index (χ4v) is 1.84. The molecule has 0 radical (unpaired) electrons. The zero-order valence-corrected chi connectivity index (χ0v) is 12.6. The van der Waals surface area contributed by atoms with Crippen molar-refractivity contribution in [3.63, 3.8) is 0 Å². The zero-order chi connectivity index (χ0) is 14.4. The summed E-state index contributed by atoms with van der Waals surface area (Å²) in [5.41, 5.74) is 4.35. The smallest absolute Gasteiger partial charge is 0.332 e. The summed E-state index contributed by atoms with van der Waals surface area (Å²) in [5, 5.41) is 0. The lowest BCUT2D eigenvalue weighted by Crippen LogP contribution is -2.21. The number of hydrogen-bond acceptors (Lipinski definition) is 6. The molecule has 0 aromatic carbocycles. The molecule has 20 heavy (non-hydrogen) atoms. The molecule has 0 saturated heterocycles. The fourth-order valence-electron chi connectivity index (χ4n) is 1.61. The highest BCUT2D eigenvalue weighted by Crippen LogP contribution is 2.18. The van der Waals surface area contributed by atoms with E-state index in [2.05, 4.69) is 26.4 Å². The minimum absolute atomic E-state index is 0.0760. The van der Waals surface area contributed by atoms with Gasteiger partial charge in [-0.25, -0.2) is 4.79 Å². The molecule has 1 aliphatic rings. The van der Waals surface area contributed by atoms with Crippen molar-refractivity contribution in [2.45, 2.75) is 13.0 Å². The molecule has 0 amide bonds.